The molecule has 2 aromatic carbocycles. The average Bonchev–Trinajstić information content (AvgIpc) is 2.63. The van der Waals surface area contributed by atoms with Crippen LogP contribution in [-0.4, -0.2) is 16.5 Å². The molecule has 4 nitrogen and oxygen atoms in total. The first-order chi connectivity index (χ1) is 12.2. The normalized spacial score (nSPS) is 10.9. The van der Waals surface area contributed by atoms with E-state index in [9.17, 15) is 9.59 Å². The lowest BCUT2D eigenvalue weighted by Crippen LogP contribution is -2.11. The molecule has 0 aliphatic carbocycles. The predicted molar refractivity (Wildman–Crippen MR) is 101 cm³/mol. The number of hydrogen-bond donors (Lipinski definition) is 1. The van der Waals surface area contributed by atoms with Crippen LogP contribution in [0.3, 0.4) is 0 Å². The van der Waals surface area contributed by atoms with E-state index in [1.165, 1.54) is 18.4 Å². The first-order valence-corrected chi connectivity index (χ1v) is 8.77. The number of benzene rings is 2. The van der Waals surface area contributed by atoms with Gasteiger partial charge in [0.2, 0.25) is 5.43 Å². The Balaban J connectivity index is 2.02. The molecule has 3 aromatic rings. The molecule has 0 bridgehead atoms. The summed E-state index contributed by atoms with van der Waals surface area (Å²) in [7, 11) is 0. The Bertz CT molecular complexity index is 944. The summed E-state index contributed by atoms with van der Waals surface area (Å²) in [4.78, 5) is 23.8. The van der Waals surface area contributed by atoms with Crippen molar-refractivity contribution >= 4 is 17.2 Å². The maximum absolute atomic E-state index is 12.9. The van der Waals surface area contributed by atoms with Gasteiger partial charge in [0, 0.05) is 17.4 Å². The predicted octanol–water partition coefficient (Wildman–Crippen LogP) is 4.06. The van der Waals surface area contributed by atoms with E-state index in [4.69, 9.17) is 0 Å². The number of aromatic nitrogens is 2. The lowest BCUT2D eigenvalue weighted by Gasteiger charge is -2.08. The molecular formula is C21H22N2O2. The van der Waals surface area contributed by atoms with E-state index < -0.39 is 0 Å². The van der Waals surface area contributed by atoms with Crippen LogP contribution >= 0.6 is 0 Å². The van der Waals surface area contributed by atoms with Crippen molar-refractivity contribution in [1.82, 2.24) is 10.2 Å². The van der Waals surface area contributed by atoms with E-state index in [0.29, 0.717) is 16.6 Å². The number of hydrogen-bond acceptors (Lipinski definition) is 3. The number of aryl methyl sites for hydroxylation is 1. The third-order valence-corrected chi connectivity index (χ3v) is 4.48. The molecule has 4 heteroatoms. The number of nitrogens with zero attached hydrogens (tertiary/aromatic N) is 1. The molecule has 0 saturated carbocycles. The maximum atomic E-state index is 12.9. The third kappa shape index (κ3) is 3.68. The molecule has 0 atom stereocenters. The van der Waals surface area contributed by atoms with Crippen molar-refractivity contribution in [2.45, 2.75) is 39.0 Å². The summed E-state index contributed by atoms with van der Waals surface area (Å²) in [5, 5.41) is 7.95. The van der Waals surface area contributed by atoms with Crippen LogP contribution in [0.15, 0.2) is 47.3 Å². The third-order valence-electron chi connectivity index (χ3n) is 4.48. The summed E-state index contributed by atoms with van der Waals surface area (Å²) < 4.78 is 0. The van der Waals surface area contributed by atoms with E-state index in [1.54, 1.807) is 0 Å². The summed E-state index contributed by atoms with van der Waals surface area (Å²) in [6.07, 6.45) is 5.67. The zero-order valence-electron chi connectivity index (χ0n) is 14.4. The molecule has 0 radical (unpaired) electrons. The number of H-pyrrole nitrogens is 1. The van der Waals surface area contributed by atoms with Crippen LogP contribution in [-0.2, 0) is 17.6 Å². The van der Waals surface area contributed by atoms with E-state index >= 15 is 0 Å². The fourth-order valence-electron chi connectivity index (χ4n) is 3.11. The van der Waals surface area contributed by atoms with Crippen LogP contribution in [0.2, 0.25) is 0 Å². The molecule has 0 saturated heterocycles. The smallest absolute Gasteiger partial charge is 0.215 e. The minimum absolute atomic E-state index is 0.104. The van der Waals surface area contributed by atoms with E-state index in [0.717, 1.165) is 30.2 Å². The largest absolute Gasteiger partial charge is 0.303 e. The molecule has 0 aliphatic heterocycles. The van der Waals surface area contributed by atoms with Gasteiger partial charge in [-0.25, -0.2) is 0 Å². The number of fused-ring (bicyclic) bond motifs is 1. The second kappa shape index (κ2) is 7.88. The number of nitrogens with one attached hydrogen (secondary N) is 1. The van der Waals surface area contributed by atoms with Gasteiger partial charge in [0.05, 0.1) is 5.52 Å². The van der Waals surface area contributed by atoms with Gasteiger partial charge in [-0.05, 0) is 36.1 Å². The number of carbonyl (C=O) groups excluding carboxylic acids is 1. The van der Waals surface area contributed by atoms with Crippen molar-refractivity contribution in [1.29, 1.82) is 0 Å². The Kier molecular flexibility index (Phi) is 5.39. The topological polar surface area (TPSA) is 62.8 Å². The summed E-state index contributed by atoms with van der Waals surface area (Å²) in [6.45, 7) is 2.19. The van der Waals surface area contributed by atoms with Crippen molar-refractivity contribution in [3.05, 3.63) is 63.8 Å². The Hall–Kier alpha value is -2.75. The van der Waals surface area contributed by atoms with Crippen LogP contribution in [0.5, 0.6) is 0 Å². The molecular weight excluding hydrogens is 312 g/mol. The summed E-state index contributed by atoms with van der Waals surface area (Å²) in [6, 6.07) is 13.3. The number of aldehydes is 1. The molecule has 0 spiro atoms. The monoisotopic (exact) mass is 334 g/mol. The minimum Gasteiger partial charge on any atom is -0.303 e. The van der Waals surface area contributed by atoms with Crippen molar-refractivity contribution in [2.24, 2.45) is 0 Å². The molecule has 1 aromatic heterocycles. The second-order valence-corrected chi connectivity index (χ2v) is 6.27. The number of aromatic amines is 1. The molecule has 128 valence electrons. The molecule has 1 N–H and O–H groups in total. The van der Waals surface area contributed by atoms with Gasteiger partial charge in [0.1, 0.15) is 12.0 Å². The lowest BCUT2D eigenvalue weighted by molar-refractivity contribution is -0.107. The Morgan fingerprint density at radius 1 is 1.12 bits per heavy atom. The first kappa shape index (κ1) is 17.1. The Morgan fingerprint density at radius 2 is 1.96 bits per heavy atom. The zero-order chi connectivity index (χ0) is 17.6. The van der Waals surface area contributed by atoms with Gasteiger partial charge >= 0.3 is 0 Å². The van der Waals surface area contributed by atoms with Gasteiger partial charge < -0.3 is 4.79 Å². The SMILES string of the molecule is CCCCCc1ccc2c(=O)c(-c3ccccc3CC=O)n[nH]c2c1. The van der Waals surface area contributed by atoms with Gasteiger partial charge in [-0.2, -0.15) is 5.10 Å². The molecule has 0 fully saturated rings. The quantitative estimate of drug-likeness (QED) is 0.523. The standard InChI is InChI=1S/C21H22N2O2/c1-2-3-4-7-15-10-11-18-19(14-15)22-23-20(21(18)25)17-9-6-5-8-16(17)12-13-24/h5-6,8-11,13-14H,2-4,7,12H2,1H3,(H,22,25). The van der Waals surface area contributed by atoms with Crippen LogP contribution in [0, 0.1) is 0 Å². The Labute approximate surface area is 146 Å². The fraction of sp³-hybridized carbons (Fsp3) is 0.286. The van der Waals surface area contributed by atoms with Gasteiger partial charge in [-0.1, -0.05) is 50.1 Å². The van der Waals surface area contributed by atoms with Crippen molar-refractivity contribution in [2.75, 3.05) is 0 Å². The number of unbranched alkanes of at least 4 members (excludes halogenated alkanes) is 2. The first-order valence-electron chi connectivity index (χ1n) is 8.77. The lowest BCUT2D eigenvalue weighted by atomic mass is 10.00. The summed E-state index contributed by atoms with van der Waals surface area (Å²) in [5.41, 5.74) is 3.76. The van der Waals surface area contributed by atoms with Gasteiger partial charge in [0.15, 0.2) is 0 Å². The highest BCUT2D eigenvalue weighted by molar-refractivity contribution is 5.83. The highest BCUT2D eigenvalue weighted by atomic mass is 16.1. The molecule has 0 aliphatic rings. The van der Waals surface area contributed by atoms with E-state index in [1.807, 2.05) is 42.5 Å². The number of carbonyl (C=O) groups is 1. The Morgan fingerprint density at radius 3 is 2.76 bits per heavy atom. The fourth-order valence-corrected chi connectivity index (χ4v) is 3.11. The highest BCUT2D eigenvalue weighted by Crippen LogP contribution is 2.21. The highest BCUT2D eigenvalue weighted by Gasteiger charge is 2.12. The van der Waals surface area contributed by atoms with Crippen LogP contribution < -0.4 is 5.43 Å². The molecule has 0 unspecified atom stereocenters. The summed E-state index contributed by atoms with van der Waals surface area (Å²) in [5.74, 6) is 0. The van der Waals surface area contributed by atoms with Crippen LogP contribution in [0.25, 0.3) is 22.2 Å². The van der Waals surface area contributed by atoms with E-state index in [2.05, 4.69) is 17.1 Å². The van der Waals surface area contributed by atoms with Crippen molar-refractivity contribution < 1.29 is 4.79 Å². The van der Waals surface area contributed by atoms with Crippen LogP contribution in [0.1, 0.15) is 37.3 Å². The minimum atomic E-state index is -0.104. The van der Waals surface area contributed by atoms with E-state index in [-0.39, 0.29) is 11.8 Å². The average molecular weight is 334 g/mol. The number of rotatable bonds is 7. The van der Waals surface area contributed by atoms with Gasteiger partial charge in [0.25, 0.3) is 0 Å². The second-order valence-electron chi connectivity index (χ2n) is 6.27. The van der Waals surface area contributed by atoms with Crippen molar-refractivity contribution in [3.8, 4) is 11.3 Å². The molecule has 3 rings (SSSR count). The molecule has 0 amide bonds. The summed E-state index contributed by atoms with van der Waals surface area (Å²) >= 11 is 0. The molecule has 25 heavy (non-hydrogen) atoms. The van der Waals surface area contributed by atoms with Gasteiger partial charge in [-0.3, -0.25) is 9.89 Å². The van der Waals surface area contributed by atoms with Gasteiger partial charge in [-0.15, -0.1) is 0 Å². The maximum Gasteiger partial charge on any atom is 0.215 e. The van der Waals surface area contributed by atoms with Crippen molar-refractivity contribution in [3.63, 3.8) is 0 Å². The zero-order valence-corrected chi connectivity index (χ0v) is 14.4. The molecule has 1 heterocycles. The van der Waals surface area contributed by atoms with Crippen LogP contribution in [0.4, 0.5) is 0 Å².